The first-order valence-electron chi connectivity index (χ1n) is 7.72. The maximum absolute atomic E-state index is 10.4. The van der Waals surface area contributed by atoms with E-state index in [1.807, 2.05) is 6.92 Å². The fourth-order valence-corrected chi connectivity index (χ4v) is 3.34. The van der Waals surface area contributed by atoms with Gasteiger partial charge in [-0.2, -0.15) is 0 Å². The topological polar surface area (TPSA) is 49.5 Å². The molecule has 0 aliphatic carbocycles. The molecule has 1 saturated heterocycles. The Morgan fingerprint density at radius 2 is 2.10 bits per heavy atom. The van der Waals surface area contributed by atoms with Crippen molar-refractivity contribution in [3.63, 3.8) is 0 Å². The summed E-state index contributed by atoms with van der Waals surface area (Å²) in [7, 11) is 0. The number of aryl methyl sites for hydroxylation is 1. The highest BCUT2D eigenvalue weighted by molar-refractivity contribution is 5.30. The molecular weight excluding hydrogens is 248 g/mol. The molecule has 2 rings (SSSR count). The predicted octanol–water partition coefficient (Wildman–Crippen LogP) is 2.62. The average Bonchev–Trinajstić information content (AvgIpc) is 2.40. The van der Waals surface area contributed by atoms with Gasteiger partial charge >= 0.3 is 0 Å². The Morgan fingerprint density at radius 3 is 2.70 bits per heavy atom. The predicted molar refractivity (Wildman–Crippen MR) is 83.6 cm³/mol. The Bertz CT molecular complexity index is 444. The average molecular weight is 276 g/mol. The highest BCUT2D eigenvalue weighted by atomic mass is 16.3. The molecule has 1 fully saturated rings. The van der Waals surface area contributed by atoms with Gasteiger partial charge in [0.15, 0.2) is 0 Å². The van der Waals surface area contributed by atoms with Crippen molar-refractivity contribution >= 4 is 0 Å². The number of rotatable bonds is 4. The van der Waals surface area contributed by atoms with Crippen molar-refractivity contribution in [1.29, 1.82) is 0 Å². The number of hydrogen-bond acceptors (Lipinski definition) is 3. The van der Waals surface area contributed by atoms with Crippen molar-refractivity contribution in [2.75, 3.05) is 13.1 Å². The Labute approximate surface area is 122 Å². The molecule has 1 heterocycles. The Hall–Kier alpha value is -0.900. The number of likely N-dealkylation sites (tertiary alicyclic amines) is 1. The van der Waals surface area contributed by atoms with Crippen LogP contribution in [0.5, 0.6) is 0 Å². The molecule has 0 amide bonds. The van der Waals surface area contributed by atoms with Crippen LogP contribution in [0, 0.1) is 6.92 Å². The molecule has 0 radical (unpaired) electrons. The third kappa shape index (κ3) is 3.40. The van der Waals surface area contributed by atoms with Crippen molar-refractivity contribution < 1.29 is 5.11 Å². The van der Waals surface area contributed by atoms with Crippen molar-refractivity contribution in [1.82, 2.24) is 4.90 Å². The van der Waals surface area contributed by atoms with E-state index in [1.54, 1.807) is 0 Å². The summed E-state index contributed by atoms with van der Waals surface area (Å²) in [5.74, 6) is 0. The Balaban J connectivity index is 2.31. The second kappa shape index (κ2) is 6.25. The summed E-state index contributed by atoms with van der Waals surface area (Å²) in [4.78, 5) is 2.38. The lowest BCUT2D eigenvalue weighted by molar-refractivity contribution is -0.0344. The van der Waals surface area contributed by atoms with Gasteiger partial charge in [-0.3, -0.25) is 4.90 Å². The summed E-state index contributed by atoms with van der Waals surface area (Å²) in [6.45, 7) is 7.94. The van der Waals surface area contributed by atoms with Crippen molar-refractivity contribution in [2.45, 2.75) is 57.7 Å². The van der Waals surface area contributed by atoms with Gasteiger partial charge in [0.25, 0.3) is 0 Å². The zero-order chi connectivity index (χ0) is 14.8. The van der Waals surface area contributed by atoms with Gasteiger partial charge < -0.3 is 10.8 Å². The molecule has 3 unspecified atom stereocenters. The largest absolute Gasteiger partial charge is 0.389 e. The lowest BCUT2D eigenvalue weighted by Crippen LogP contribution is -2.51. The van der Waals surface area contributed by atoms with Crippen LogP contribution >= 0.6 is 0 Å². The summed E-state index contributed by atoms with van der Waals surface area (Å²) in [6.07, 6.45) is 2.86. The third-order valence-corrected chi connectivity index (χ3v) is 4.48. The van der Waals surface area contributed by atoms with Gasteiger partial charge in [0.1, 0.15) is 0 Å². The molecule has 0 spiro atoms. The van der Waals surface area contributed by atoms with Gasteiger partial charge in [0, 0.05) is 12.6 Å². The number of hydrogen-bond donors (Lipinski definition) is 2. The molecule has 1 aromatic carbocycles. The van der Waals surface area contributed by atoms with E-state index in [0.29, 0.717) is 6.54 Å². The van der Waals surface area contributed by atoms with Crippen LogP contribution < -0.4 is 5.73 Å². The van der Waals surface area contributed by atoms with Crippen LogP contribution in [0.25, 0.3) is 0 Å². The smallest absolute Gasteiger partial charge is 0.0746 e. The molecule has 3 nitrogen and oxygen atoms in total. The number of piperidine rings is 1. The second-order valence-electron chi connectivity index (χ2n) is 6.44. The Kier molecular flexibility index (Phi) is 4.84. The lowest BCUT2D eigenvalue weighted by Gasteiger charge is -2.43. The molecule has 3 N–H and O–H groups in total. The standard InChI is InChI=1S/C17H28N2O/c1-4-15(18)16(14-9-6-5-8-13(14)2)19-11-7-10-17(3,20)12-19/h5-6,8-9,15-16,20H,4,7,10-12,18H2,1-3H3. The molecule has 0 aromatic heterocycles. The van der Waals surface area contributed by atoms with E-state index < -0.39 is 5.60 Å². The highest BCUT2D eigenvalue weighted by Gasteiger charge is 2.35. The van der Waals surface area contributed by atoms with E-state index in [0.717, 1.165) is 25.8 Å². The van der Waals surface area contributed by atoms with Gasteiger partial charge in [-0.25, -0.2) is 0 Å². The zero-order valence-corrected chi connectivity index (χ0v) is 13.0. The number of aliphatic hydroxyl groups is 1. The molecule has 0 saturated carbocycles. The third-order valence-electron chi connectivity index (χ3n) is 4.48. The van der Waals surface area contributed by atoms with E-state index in [9.17, 15) is 5.11 Å². The van der Waals surface area contributed by atoms with Crippen LogP contribution in [-0.2, 0) is 0 Å². The van der Waals surface area contributed by atoms with E-state index in [1.165, 1.54) is 11.1 Å². The van der Waals surface area contributed by atoms with E-state index in [2.05, 4.69) is 43.0 Å². The zero-order valence-electron chi connectivity index (χ0n) is 13.0. The van der Waals surface area contributed by atoms with Gasteiger partial charge in [0.2, 0.25) is 0 Å². The van der Waals surface area contributed by atoms with Crippen LogP contribution in [0.4, 0.5) is 0 Å². The first kappa shape index (κ1) is 15.5. The lowest BCUT2D eigenvalue weighted by atomic mass is 9.88. The first-order valence-corrected chi connectivity index (χ1v) is 7.72. The van der Waals surface area contributed by atoms with E-state index in [4.69, 9.17) is 5.73 Å². The van der Waals surface area contributed by atoms with Crippen LogP contribution in [0.1, 0.15) is 50.3 Å². The summed E-state index contributed by atoms with van der Waals surface area (Å²) >= 11 is 0. The second-order valence-corrected chi connectivity index (χ2v) is 6.44. The molecular formula is C17H28N2O. The van der Waals surface area contributed by atoms with E-state index >= 15 is 0 Å². The molecule has 112 valence electrons. The minimum absolute atomic E-state index is 0.102. The van der Waals surface area contributed by atoms with Crippen LogP contribution in [0.2, 0.25) is 0 Å². The van der Waals surface area contributed by atoms with E-state index in [-0.39, 0.29) is 12.1 Å². The molecule has 3 heteroatoms. The molecule has 20 heavy (non-hydrogen) atoms. The monoisotopic (exact) mass is 276 g/mol. The minimum atomic E-state index is -0.591. The van der Waals surface area contributed by atoms with Crippen molar-refractivity contribution in [2.24, 2.45) is 5.73 Å². The fourth-order valence-electron chi connectivity index (χ4n) is 3.34. The number of β-amino-alcohol motifs (C(OH)–C–C–N with tert-alkyl or cyclic N) is 1. The summed E-state index contributed by atoms with van der Waals surface area (Å²) in [5, 5.41) is 10.4. The molecule has 1 aliphatic heterocycles. The number of nitrogens with two attached hydrogens (primary N) is 1. The van der Waals surface area contributed by atoms with Gasteiger partial charge in [-0.15, -0.1) is 0 Å². The maximum Gasteiger partial charge on any atom is 0.0746 e. The minimum Gasteiger partial charge on any atom is -0.389 e. The quantitative estimate of drug-likeness (QED) is 0.889. The summed E-state index contributed by atoms with van der Waals surface area (Å²) < 4.78 is 0. The molecule has 0 bridgehead atoms. The van der Waals surface area contributed by atoms with Crippen LogP contribution in [0.15, 0.2) is 24.3 Å². The van der Waals surface area contributed by atoms with Crippen molar-refractivity contribution in [3.8, 4) is 0 Å². The normalized spacial score (nSPS) is 27.2. The Morgan fingerprint density at radius 1 is 1.40 bits per heavy atom. The van der Waals surface area contributed by atoms with Crippen LogP contribution in [-0.4, -0.2) is 34.7 Å². The number of nitrogens with zero attached hydrogens (tertiary/aromatic N) is 1. The van der Waals surface area contributed by atoms with Crippen LogP contribution in [0.3, 0.4) is 0 Å². The maximum atomic E-state index is 10.4. The molecule has 3 atom stereocenters. The highest BCUT2D eigenvalue weighted by Crippen LogP contribution is 2.32. The fraction of sp³-hybridized carbons (Fsp3) is 0.647. The summed E-state index contributed by atoms with van der Waals surface area (Å²) in [6, 6.07) is 8.78. The first-order chi connectivity index (χ1) is 9.44. The van der Waals surface area contributed by atoms with Gasteiger partial charge in [-0.05, 0) is 50.8 Å². The van der Waals surface area contributed by atoms with Crippen molar-refractivity contribution in [3.05, 3.63) is 35.4 Å². The molecule has 1 aromatic rings. The van der Waals surface area contributed by atoms with Gasteiger partial charge in [-0.1, -0.05) is 31.2 Å². The number of benzene rings is 1. The SMILES string of the molecule is CCC(N)C(c1ccccc1C)N1CCCC(C)(O)C1. The van der Waals surface area contributed by atoms with Gasteiger partial charge in [0.05, 0.1) is 11.6 Å². The summed E-state index contributed by atoms with van der Waals surface area (Å²) in [5.41, 5.74) is 8.41. The molecule has 1 aliphatic rings.